The number of aromatic amines is 1. The molecule has 0 saturated carbocycles. The third kappa shape index (κ3) is 2.80. The van der Waals surface area contributed by atoms with Crippen LogP contribution in [-0.2, 0) is 9.53 Å². The van der Waals surface area contributed by atoms with Gasteiger partial charge in [-0.15, -0.1) is 0 Å². The zero-order valence-corrected chi connectivity index (χ0v) is 11.2. The minimum atomic E-state index is -0.965. The second-order valence-corrected chi connectivity index (χ2v) is 5.20. The molecule has 2 heterocycles. The average Bonchev–Trinajstić information content (AvgIpc) is 2.35. The van der Waals surface area contributed by atoms with E-state index in [1.165, 1.54) is 6.20 Å². The van der Waals surface area contributed by atoms with Crippen molar-refractivity contribution in [1.29, 1.82) is 0 Å². The van der Waals surface area contributed by atoms with E-state index in [0.29, 0.717) is 30.5 Å². The van der Waals surface area contributed by atoms with E-state index in [-0.39, 0.29) is 17.2 Å². The summed E-state index contributed by atoms with van der Waals surface area (Å²) in [7, 11) is 0. The van der Waals surface area contributed by atoms with E-state index in [2.05, 4.69) is 26.2 Å². The second-order valence-electron chi connectivity index (χ2n) is 4.28. The van der Waals surface area contributed by atoms with Crippen LogP contribution in [0.1, 0.15) is 12.8 Å². The number of rotatable bonds is 2. The maximum absolute atomic E-state index is 12.1. The van der Waals surface area contributed by atoms with Crippen LogP contribution >= 0.6 is 15.9 Å². The van der Waals surface area contributed by atoms with E-state index in [9.17, 15) is 9.59 Å². The first kappa shape index (κ1) is 13.3. The highest BCUT2D eigenvalue weighted by atomic mass is 79.9. The number of ether oxygens (including phenoxy) is 1. The Labute approximate surface area is 112 Å². The molecule has 98 valence electrons. The van der Waals surface area contributed by atoms with Gasteiger partial charge in [0.05, 0.1) is 0 Å². The summed E-state index contributed by atoms with van der Waals surface area (Å²) in [6.07, 6.45) is 2.40. The predicted octanol–water partition coefficient (Wildman–Crippen LogP) is 0.584. The highest BCUT2D eigenvalue weighted by Gasteiger charge is 2.36. The number of anilines is 1. The molecule has 0 unspecified atom stereocenters. The second kappa shape index (κ2) is 5.21. The van der Waals surface area contributed by atoms with Crippen molar-refractivity contribution in [3.63, 3.8) is 0 Å². The van der Waals surface area contributed by atoms with Gasteiger partial charge in [-0.05, 0) is 34.8 Å². The van der Waals surface area contributed by atoms with Gasteiger partial charge in [0.25, 0.3) is 5.56 Å². The molecule has 0 radical (unpaired) electrons. The molecule has 1 amide bonds. The molecule has 1 aromatic rings. The first-order valence-corrected chi connectivity index (χ1v) is 6.37. The van der Waals surface area contributed by atoms with E-state index in [1.54, 1.807) is 6.07 Å². The van der Waals surface area contributed by atoms with Crippen molar-refractivity contribution in [3.8, 4) is 0 Å². The number of halogens is 1. The molecule has 1 aliphatic rings. The fourth-order valence-corrected chi connectivity index (χ4v) is 2.10. The lowest BCUT2D eigenvalue weighted by atomic mass is 9.90. The largest absolute Gasteiger partial charge is 0.381 e. The minimum absolute atomic E-state index is 0.186. The van der Waals surface area contributed by atoms with Crippen molar-refractivity contribution < 1.29 is 9.53 Å². The summed E-state index contributed by atoms with van der Waals surface area (Å²) in [5.74, 6) is -0.352. The Morgan fingerprint density at radius 3 is 2.83 bits per heavy atom. The number of aromatic nitrogens is 1. The van der Waals surface area contributed by atoms with E-state index in [1.807, 2.05) is 0 Å². The van der Waals surface area contributed by atoms with Crippen LogP contribution in [0.2, 0.25) is 0 Å². The number of carbonyl (C=O) groups is 1. The Bertz CT molecular complexity index is 509. The SMILES string of the molecule is NC1(C(=O)Nc2cc(Br)c[nH]c2=O)CCOCC1. The topological polar surface area (TPSA) is 97.2 Å². The van der Waals surface area contributed by atoms with Crippen molar-refractivity contribution in [2.24, 2.45) is 5.73 Å². The third-order valence-electron chi connectivity index (χ3n) is 2.95. The van der Waals surface area contributed by atoms with Gasteiger partial charge in [0.15, 0.2) is 0 Å². The van der Waals surface area contributed by atoms with Crippen LogP contribution in [0, 0.1) is 0 Å². The fourth-order valence-electron chi connectivity index (χ4n) is 1.76. The molecule has 0 aliphatic carbocycles. The normalized spacial score (nSPS) is 18.3. The van der Waals surface area contributed by atoms with Crippen LogP contribution in [0.3, 0.4) is 0 Å². The van der Waals surface area contributed by atoms with Crippen LogP contribution in [0.25, 0.3) is 0 Å². The molecule has 0 atom stereocenters. The van der Waals surface area contributed by atoms with Crippen LogP contribution in [0.4, 0.5) is 5.69 Å². The number of nitrogens with two attached hydrogens (primary N) is 1. The van der Waals surface area contributed by atoms with Gasteiger partial charge in [0.1, 0.15) is 11.2 Å². The predicted molar refractivity (Wildman–Crippen MR) is 70.4 cm³/mol. The fraction of sp³-hybridized carbons (Fsp3) is 0.455. The number of H-pyrrole nitrogens is 1. The number of hydrogen-bond acceptors (Lipinski definition) is 4. The molecule has 0 bridgehead atoms. The van der Waals surface area contributed by atoms with Crippen LogP contribution in [-0.4, -0.2) is 29.6 Å². The van der Waals surface area contributed by atoms with Gasteiger partial charge in [-0.2, -0.15) is 0 Å². The van der Waals surface area contributed by atoms with Crippen molar-refractivity contribution in [3.05, 3.63) is 27.1 Å². The zero-order chi connectivity index (χ0) is 13.2. The molecule has 6 nitrogen and oxygen atoms in total. The quantitative estimate of drug-likeness (QED) is 0.743. The number of nitrogens with one attached hydrogen (secondary N) is 2. The molecule has 4 N–H and O–H groups in total. The van der Waals surface area contributed by atoms with Gasteiger partial charge in [-0.3, -0.25) is 9.59 Å². The van der Waals surface area contributed by atoms with Gasteiger partial charge in [0, 0.05) is 23.9 Å². The summed E-state index contributed by atoms with van der Waals surface area (Å²) in [6.45, 7) is 0.914. The lowest BCUT2D eigenvalue weighted by Gasteiger charge is -2.31. The molecule has 0 aromatic carbocycles. The van der Waals surface area contributed by atoms with Crippen LogP contribution < -0.4 is 16.6 Å². The van der Waals surface area contributed by atoms with E-state index < -0.39 is 5.54 Å². The summed E-state index contributed by atoms with van der Waals surface area (Å²) in [4.78, 5) is 26.1. The Balaban J connectivity index is 2.15. The van der Waals surface area contributed by atoms with E-state index >= 15 is 0 Å². The lowest BCUT2D eigenvalue weighted by Crippen LogP contribution is -2.54. The van der Waals surface area contributed by atoms with E-state index in [0.717, 1.165) is 0 Å². The van der Waals surface area contributed by atoms with Crippen molar-refractivity contribution >= 4 is 27.5 Å². The molecular weight excluding hydrogens is 302 g/mol. The number of amides is 1. The Hall–Kier alpha value is -1.18. The average molecular weight is 316 g/mol. The minimum Gasteiger partial charge on any atom is -0.381 e. The highest BCUT2D eigenvalue weighted by molar-refractivity contribution is 9.10. The Kier molecular flexibility index (Phi) is 3.84. The third-order valence-corrected chi connectivity index (χ3v) is 3.41. The summed E-state index contributed by atoms with van der Waals surface area (Å²) < 4.78 is 5.85. The molecule has 1 fully saturated rings. The summed E-state index contributed by atoms with van der Waals surface area (Å²) in [5.41, 5.74) is 4.88. The molecule has 1 aliphatic heterocycles. The van der Waals surface area contributed by atoms with Gasteiger partial charge in [-0.25, -0.2) is 0 Å². The molecule has 2 rings (SSSR count). The Morgan fingerprint density at radius 1 is 1.50 bits per heavy atom. The molecular formula is C11H14BrN3O3. The lowest BCUT2D eigenvalue weighted by molar-refractivity contribution is -0.124. The van der Waals surface area contributed by atoms with Gasteiger partial charge >= 0.3 is 0 Å². The maximum atomic E-state index is 12.1. The molecule has 7 heteroatoms. The molecule has 1 aromatic heterocycles. The smallest absolute Gasteiger partial charge is 0.271 e. The van der Waals surface area contributed by atoms with Gasteiger partial charge < -0.3 is 20.8 Å². The molecule has 1 saturated heterocycles. The Morgan fingerprint density at radius 2 is 2.17 bits per heavy atom. The van der Waals surface area contributed by atoms with Gasteiger partial charge in [0.2, 0.25) is 5.91 Å². The van der Waals surface area contributed by atoms with Crippen molar-refractivity contribution in [2.45, 2.75) is 18.4 Å². The van der Waals surface area contributed by atoms with Gasteiger partial charge in [-0.1, -0.05) is 0 Å². The maximum Gasteiger partial charge on any atom is 0.271 e. The monoisotopic (exact) mass is 315 g/mol. The molecule has 18 heavy (non-hydrogen) atoms. The summed E-state index contributed by atoms with van der Waals surface area (Å²) >= 11 is 3.22. The summed E-state index contributed by atoms with van der Waals surface area (Å²) in [6, 6.07) is 1.54. The zero-order valence-electron chi connectivity index (χ0n) is 9.66. The van der Waals surface area contributed by atoms with Crippen LogP contribution in [0.5, 0.6) is 0 Å². The number of pyridine rings is 1. The number of carbonyl (C=O) groups excluding carboxylic acids is 1. The van der Waals surface area contributed by atoms with E-state index in [4.69, 9.17) is 10.5 Å². The van der Waals surface area contributed by atoms with Crippen molar-refractivity contribution in [1.82, 2.24) is 4.98 Å². The van der Waals surface area contributed by atoms with Crippen molar-refractivity contribution in [2.75, 3.05) is 18.5 Å². The first-order valence-electron chi connectivity index (χ1n) is 5.58. The summed E-state index contributed by atoms with van der Waals surface area (Å²) in [5, 5.41) is 2.57. The molecule has 0 spiro atoms. The standard InChI is InChI=1S/C11H14BrN3O3/c12-7-5-8(9(16)14-6-7)15-10(17)11(13)1-3-18-4-2-11/h5-6H,1-4,13H2,(H,14,16)(H,15,17). The number of hydrogen-bond donors (Lipinski definition) is 3. The first-order chi connectivity index (χ1) is 8.51. The van der Waals surface area contributed by atoms with Crippen LogP contribution in [0.15, 0.2) is 21.5 Å². The highest BCUT2D eigenvalue weighted by Crippen LogP contribution is 2.20.